The number of carbonyl (C=O) groups is 1. The Hall–Kier alpha value is -2.37. The average molecular weight is 347 g/mol. The lowest BCUT2D eigenvalue weighted by Gasteiger charge is -2.09. The van der Waals surface area contributed by atoms with E-state index in [1.165, 1.54) is 0 Å². The zero-order valence-corrected chi connectivity index (χ0v) is 14.1. The highest BCUT2D eigenvalue weighted by molar-refractivity contribution is 6.30. The molecule has 0 atom stereocenters. The first-order valence-electron chi connectivity index (χ1n) is 7.60. The summed E-state index contributed by atoms with van der Waals surface area (Å²) in [5.74, 6) is 0. The molecule has 2 aromatic rings. The van der Waals surface area contributed by atoms with Crippen LogP contribution in [-0.2, 0) is 11.2 Å². The SMILES string of the molecule is CCOC(=O)NN=C(c1ccc(Cl)cc1)c1ccc(CCO)cc1. The number of hydrogen-bond donors (Lipinski definition) is 2. The van der Waals surface area contributed by atoms with Crippen LogP contribution in [0, 0.1) is 0 Å². The molecule has 126 valence electrons. The van der Waals surface area contributed by atoms with Crippen molar-refractivity contribution in [1.29, 1.82) is 0 Å². The predicted octanol–water partition coefficient (Wildman–Crippen LogP) is 3.37. The van der Waals surface area contributed by atoms with E-state index >= 15 is 0 Å². The second-order valence-electron chi connectivity index (χ2n) is 4.97. The Morgan fingerprint density at radius 2 is 1.71 bits per heavy atom. The quantitative estimate of drug-likeness (QED) is 0.622. The van der Waals surface area contributed by atoms with Crippen molar-refractivity contribution in [2.24, 2.45) is 5.10 Å². The molecule has 0 aliphatic heterocycles. The molecule has 0 fully saturated rings. The standard InChI is InChI=1S/C18H19ClN2O3/c1-2-24-18(23)21-20-17(15-7-9-16(19)10-8-15)14-5-3-13(4-6-14)11-12-22/h3-10,22H,2,11-12H2,1H3,(H,21,23). The highest BCUT2D eigenvalue weighted by Gasteiger charge is 2.09. The molecule has 0 saturated heterocycles. The Morgan fingerprint density at radius 3 is 2.25 bits per heavy atom. The molecule has 0 aliphatic carbocycles. The molecule has 0 unspecified atom stereocenters. The van der Waals surface area contributed by atoms with Crippen LogP contribution in [0.15, 0.2) is 53.6 Å². The van der Waals surface area contributed by atoms with Gasteiger partial charge in [-0.05, 0) is 31.0 Å². The van der Waals surface area contributed by atoms with Gasteiger partial charge >= 0.3 is 6.09 Å². The molecule has 2 aromatic carbocycles. The van der Waals surface area contributed by atoms with Crippen LogP contribution in [0.2, 0.25) is 5.02 Å². The third-order valence-electron chi connectivity index (χ3n) is 3.28. The van der Waals surface area contributed by atoms with E-state index in [1.807, 2.05) is 36.4 Å². The minimum Gasteiger partial charge on any atom is -0.449 e. The van der Waals surface area contributed by atoms with Gasteiger partial charge in [0.1, 0.15) is 0 Å². The molecule has 0 spiro atoms. The summed E-state index contributed by atoms with van der Waals surface area (Å²) in [7, 11) is 0. The predicted molar refractivity (Wildman–Crippen MR) is 94.5 cm³/mol. The fourth-order valence-corrected chi connectivity index (χ4v) is 2.25. The topological polar surface area (TPSA) is 70.9 Å². The average Bonchev–Trinajstić information content (AvgIpc) is 2.58. The molecule has 0 heterocycles. The largest absolute Gasteiger partial charge is 0.449 e. The van der Waals surface area contributed by atoms with Crippen molar-refractivity contribution in [3.63, 3.8) is 0 Å². The van der Waals surface area contributed by atoms with Crippen molar-refractivity contribution < 1.29 is 14.6 Å². The van der Waals surface area contributed by atoms with Crippen molar-refractivity contribution in [2.45, 2.75) is 13.3 Å². The lowest BCUT2D eigenvalue weighted by atomic mass is 10.0. The number of carbonyl (C=O) groups excluding carboxylic acids is 1. The van der Waals surface area contributed by atoms with Crippen LogP contribution < -0.4 is 5.43 Å². The van der Waals surface area contributed by atoms with Crippen LogP contribution in [0.1, 0.15) is 23.6 Å². The monoisotopic (exact) mass is 346 g/mol. The van der Waals surface area contributed by atoms with Crippen LogP contribution in [0.25, 0.3) is 0 Å². The van der Waals surface area contributed by atoms with E-state index in [9.17, 15) is 4.79 Å². The fourth-order valence-electron chi connectivity index (χ4n) is 2.13. The zero-order valence-electron chi connectivity index (χ0n) is 13.3. The first kappa shape index (κ1) is 18.0. The van der Waals surface area contributed by atoms with Gasteiger partial charge < -0.3 is 9.84 Å². The van der Waals surface area contributed by atoms with Gasteiger partial charge in [-0.3, -0.25) is 0 Å². The number of rotatable bonds is 6. The molecule has 0 bridgehead atoms. The maximum atomic E-state index is 11.5. The molecular formula is C18H19ClN2O3. The number of benzene rings is 2. The van der Waals surface area contributed by atoms with Gasteiger partial charge in [0.15, 0.2) is 0 Å². The van der Waals surface area contributed by atoms with Crippen molar-refractivity contribution in [3.05, 3.63) is 70.2 Å². The van der Waals surface area contributed by atoms with Gasteiger partial charge in [0.2, 0.25) is 0 Å². The van der Waals surface area contributed by atoms with Gasteiger partial charge in [-0.25, -0.2) is 10.2 Å². The van der Waals surface area contributed by atoms with Gasteiger partial charge in [-0.15, -0.1) is 0 Å². The molecular weight excluding hydrogens is 328 g/mol. The highest BCUT2D eigenvalue weighted by Crippen LogP contribution is 2.15. The summed E-state index contributed by atoms with van der Waals surface area (Å²) in [6.45, 7) is 2.10. The number of ether oxygens (including phenoxy) is 1. The highest BCUT2D eigenvalue weighted by atomic mass is 35.5. The Kier molecular flexibility index (Phi) is 6.78. The Bertz CT molecular complexity index is 697. The first-order valence-corrected chi connectivity index (χ1v) is 7.98. The van der Waals surface area contributed by atoms with E-state index in [1.54, 1.807) is 19.1 Å². The molecule has 6 heteroatoms. The molecule has 2 rings (SSSR count). The number of nitrogens with one attached hydrogen (secondary N) is 1. The summed E-state index contributed by atoms with van der Waals surface area (Å²) in [4.78, 5) is 11.5. The van der Waals surface area contributed by atoms with Crippen molar-refractivity contribution >= 4 is 23.4 Å². The first-order chi connectivity index (χ1) is 11.6. The molecule has 24 heavy (non-hydrogen) atoms. The summed E-state index contributed by atoms with van der Waals surface area (Å²) >= 11 is 5.93. The number of aliphatic hydroxyl groups excluding tert-OH is 1. The molecule has 2 N–H and O–H groups in total. The Morgan fingerprint density at radius 1 is 1.12 bits per heavy atom. The van der Waals surface area contributed by atoms with Gasteiger partial charge in [0, 0.05) is 22.8 Å². The van der Waals surface area contributed by atoms with E-state index in [-0.39, 0.29) is 13.2 Å². The number of hydrazone groups is 1. The van der Waals surface area contributed by atoms with Crippen LogP contribution in [-0.4, -0.2) is 30.1 Å². The number of nitrogens with zero attached hydrogens (tertiary/aromatic N) is 1. The van der Waals surface area contributed by atoms with Gasteiger partial charge in [0.05, 0.1) is 12.3 Å². The molecule has 1 amide bonds. The molecule has 0 aliphatic rings. The van der Waals surface area contributed by atoms with E-state index in [0.717, 1.165) is 16.7 Å². The number of amides is 1. The summed E-state index contributed by atoms with van der Waals surface area (Å²) < 4.78 is 4.83. The molecule has 0 aromatic heterocycles. The van der Waals surface area contributed by atoms with Crippen LogP contribution >= 0.6 is 11.6 Å². The zero-order chi connectivity index (χ0) is 17.4. The number of hydrogen-bond acceptors (Lipinski definition) is 4. The minimum absolute atomic E-state index is 0.0991. The second kappa shape index (κ2) is 9.05. The Labute approximate surface area is 145 Å². The van der Waals surface area contributed by atoms with Gasteiger partial charge in [-0.2, -0.15) is 5.10 Å². The van der Waals surface area contributed by atoms with E-state index in [4.69, 9.17) is 21.4 Å². The maximum absolute atomic E-state index is 11.5. The molecule has 0 radical (unpaired) electrons. The van der Waals surface area contributed by atoms with Crippen molar-refractivity contribution in [3.8, 4) is 0 Å². The van der Waals surface area contributed by atoms with E-state index in [0.29, 0.717) is 17.2 Å². The van der Waals surface area contributed by atoms with Crippen molar-refractivity contribution in [1.82, 2.24) is 5.43 Å². The number of aliphatic hydroxyl groups is 1. The minimum atomic E-state index is -0.610. The van der Waals surface area contributed by atoms with Crippen LogP contribution in [0.4, 0.5) is 4.79 Å². The maximum Gasteiger partial charge on any atom is 0.427 e. The van der Waals surface area contributed by atoms with Gasteiger partial charge in [0.25, 0.3) is 0 Å². The molecule has 5 nitrogen and oxygen atoms in total. The Balaban J connectivity index is 2.32. The van der Waals surface area contributed by atoms with Gasteiger partial charge in [-0.1, -0.05) is 48.0 Å². The fraction of sp³-hybridized carbons (Fsp3) is 0.222. The normalized spacial score (nSPS) is 11.2. The summed E-state index contributed by atoms with van der Waals surface area (Å²) in [6, 6.07) is 14.8. The second-order valence-corrected chi connectivity index (χ2v) is 5.41. The summed E-state index contributed by atoms with van der Waals surface area (Å²) in [5.41, 5.74) is 5.65. The van der Waals surface area contributed by atoms with Crippen LogP contribution in [0.3, 0.4) is 0 Å². The van der Waals surface area contributed by atoms with Crippen molar-refractivity contribution in [2.75, 3.05) is 13.2 Å². The lowest BCUT2D eigenvalue weighted by molar-refractivity contribution is 0.152. The lowest BCUT2D eigenvalue weighted by Crippen LogP contribution is -2.21. The smallest absolute Gasteiger partial charge is 0.427 e. The summed E-state index contributed by atoms with van der Waals surface area (Å²) in [5, 5.41) is 13.8. The third kappa shape index (κ3) is 5.08. The third-order valence-corrected chi connectivity index (χ3v) is 3.53. The van der Waals surface area contributed by atoms with E-state index in [2.05, 4.69) is 10.5 Å². The van der Waals surface area contributed by atoms with E-state index < -0.39 is 6.09 Å². The molecule has 0 saturated carbocycles. The number of halogens is 1. The van der Waals surface area contributed by atoms with Crippen LogP contribution in [0.5, 0.6) is 0 Å². The summed E-state index contributed by atoms with van der Waals surface area (Å²) in [6.07, 6.45) is -0.0183.